The molecule has 0 saturated heterocycles. The number of nitrogens with zero attached hydrogens (tertiary/aromatic N) is 10. The molecular weight excluding hydrogens is 2170 g/mol. The van der Waals surface area contributed by atoms with Gasteiger partial charge in [-0.2, -0.15) is 68.8 Å². The molecule has 0 aromatic heterocycles. The number of nitriles is 7. The predicted molar refractivity (Wildman–Crippen MR) is 472 cm³/mol. The van der Waals surface area contributed by atoms with E-state index in [2.05, 4.69) is 33.7 Å². The molecule has 6 radical (unpaired) electrons. The fourth-order valence-corrected chi connectivity index (χ4v) is 9.65. The second-order valence-corrected chi connectivity index (χ2v) is 39.2. The minimum absolute atomic E-state index is 0.0242. The molecule has 6 aromatic rings. The number of hydrogen-bond donors (Lipinski definition) is 4. The van der Waals surface area contributed by atoms with Gasteiger partial charge in [0.25, 0.3) is 30.4 Å². The van der Waals surface area contributed by atoms with Gasteiger partial charge in [0.1, 0.15) is 33.7 Å². The molecule has 4 N–H and O–H groups in total. The van der Waals surface area contributed by atoms with E-state index in [9.17, 15) is 169 Å². The molecule has 0 atom stereocenters. The molecule has 0 spiro atoms. The van der Waals surface area contributed by atoms with Crippen molar-refractivity contribution < 1.29 is 210 Å². The van der Waals surface area contributed by atoms with Gasteiger partial charge in [0.15, 0.2) is 46.5 Å². The van der Waals surface area contributed by atoms with Crippen molar-refractivity contribution in [2.75, 3.05) is 44.3 Å². The summed E-state index contributed by atoms with van der Waals surface area (Å²) in [4.78, 5) is -0.178. The second-order valence-electron chi connectivity index (χ2n) is 27.1. The zero-order chi connectivity index (χ0) is 117. The standard InChI is InChI=1S/C19H28F4O.C9H5BN3O.C8H3BF6.C7H8O3S.C6BF5.C6H5B.C5H3F13P.C4BN4.C4H3BN3O.C2H5F.3C2H6O3S.FHO3S/c1-3-4-5-6-7-8-9-10-11-12-13-24-19-17(22)15(20)14(2)16(21)18(19)23;1-13-10(7-11,8-12)14-9-5-3-2-4-6-9;9-6-2-4(7(10,11)12)1-5(3-6)8(13,14)15;1-6-2-4-7(5-3-6)11(8,9)10;7-1-2(8)4(10)6(12)5(11)3(1)9;7-6-4-2-1-3-5-6;1-19(16,17,18,4(12,13)2(6,7)8)5(14,15)3(9,10)11;1-9-5(2-6,3-7)4-8;1-8-5(3-6,4-7)9-2;1-2-3;3*1-2-6(3,4)5;1-5(2,3)4/h3-13H2,1-2H3;2-6H;1-3H;2-5H,1H3,(H,8,9,10);;1-5H;1H3;;2H3;2H2,1H3;3*2H2,1H3,(H,3,4,5);(H,2,3,4)/q;-1;;;;;3*-1;;;;;/p-1. The molecule has 6 aromatic carbocycles. The summed E-state index contributed by atoms with van der Waals surface area (Å²) in [5, 5.41) is 58.0. The molecule has 0 saturated carbocycles. The van der Waals surface area contributed by atoms with Crippen LogP contribution in [0.25, 0.3) is 14.3 Å². The van der Waals surface area contributed by atoms with E-state index >= 15 is 0 Å². The first kappa shape index (κ1) is 149. The van der Waals surface area contributed by atoms with E-state index in [4.69, 9.17) is 108 Å². The summed E-state index contributed by atoms with van der Waals surface area (Å²) in [6, 6.07) is 24.6. The minimum Gasteiger partial charge on any atom is -0.744 e. The molecule has 0 aliphatic rings. The maximum Gasteiger partial charge on any atom is 0.722 e. The fraction of sp³-hybridized carbons (Fsp3) is 0.395. The molecule has 0 bridgehead atoms. The van der Waals surface area contributed by atoms with Crippen LogP contribution in [-0.2, 0) is 68.0 Å². The van der Waals surface area contributed by atoms with Gasteiger partial charge in [-0.3, -0.25) is 22.6 Å². The Kier molecular flexibility index (Phi) is 66.4. The first-order valence-corrected chi connectivity index (χ1v) is 48.9. The van der Waals surface area contributed by atoms with E-state index in [1.165, 1.54) is 115 Å². The number of alkyl halides is 17. The molecule has 0 fully saturated rings. The first-order valence-electron chi connectivity index (χ1n) is 38.6. The predicted octanol–water partition coefficient (Wildman–Crippen LogP) is 19.7. The summed E-state index contributed by atoms with van der Waals surface area (Å²) in [6.07, 6.45) is -16.5. The Bertz CT molecular complexity index is 5800. The molecule has 146 heavy (non-hydrogen) atoms. The van der Waals surface area contributed by atoms with Crippen LogP contribution >= 0.6 is 6.88 Å². The Hall–Kier alpha value is -12.0. The van der Waals surface area contributed by atoms with E-state index in [1.807, 2.05) is 37.3 Å². The van der Waals surface area contributed by atoms with Gasteiger partial charge >= 0.3 is 136 Å². The molecule has 0 aliphatic heterocycles. The Balaban J connectivity index is -0.000000241. The third-order valence-electron chi connectivity index (χ3n) is 15.6. The summed E-state index contributed by atoms with van der Waals surface area (Å²) in [6.45, 7) is 10.1. The summed E-state index contributed by atoms with van der Waals surface area (Å²) < 4.78 is 524. The van der Waals surface area contributed by atoms with Crippen LogP contribution < -0.4 is 25.8 Å². The van der Waals surface area contributed by atoms with Crippen LogP contribution in [0.4, 0.5) is 131 Å². The first-order chi connectivity index (χ1) is 65.8. The summed E-state index contributed by atoms with van der Waals surface area (Å²) >= 11 is 0. The topological polar surface area (TPSA) is 482 Å². The molecule has 6 rings (SSSR count). The van der Waals surface area contributed by atoms with Crippen LogP contribution in [0.1, 0.15) is 121 Å². The van der Waals surface area contributed by atoms with Crippen molar-refractivity contribution in [1.29, 1.82) is 36.8 Å². The van der Waals surface area contributed by atoms with Crippen LogP contribution in [0, 0.1) is 165 Å². The van der Waals surface area contributed by atoms with Gasteiger partial charge in [0, 0.05) is 29.4 Å². The van der Waals surface area contributed by atoms with Crippen molar-refractivity contribution in [2.45, 2.75) is 154 Å². The molecule has 0 aliphatic carbocycles. The third kappa shape index (κ3) is 56.7. The number of aryl methyl sites for hydroxylation is 1. The number of halogens is 30. The largest absolute Gasteiger partial charge is 0.744 e. The van der Waals surface area contributed by atoms with E-state index in [0.29, 0.717) is 24.3 Å². The average molecular weight is 2250 g/mol. The zero-order valence-corrected chi connectivity index (χ0v) is 81.2. The molecule has 70 heteroatoms. The quantitative estimate of drug-likeness (QED) is 0.00598. The van der Waals surface area contributed by atoms with Gasteiger partial charge in [-0.05, 0) is 109 Å². The van der Waals surface area contributed by atoms with Crippen LogP contribution in [0.2, 0.25) is 0 Å². The summed E-state index contributed by atoms with van der Waals surface area (Å²) in [5.41, 5.74) is -20.0. The van der Waals surface area contributed by atoms with Crippen LogP contribution in [0.3, 0.4) is 0 Å². The van der Waals surface area contributed by atoms with Crippen molar-refractivity contribution in [1.82, 2.24) is 0 Å². The van der Waals surface area contributed by atoms with E-state index < -0.39 is 206 Å². The van der Waals surface area contributed by atoms with Crippen molar-refractivity contribution >= 4 is 117 Å². The van der Waals surface area contributed by atoms with E-state index in [0.717, 1.165) is 37.2 Å². The van der Waals surface area contributed by atoms with Gasteiger partial charge in [-0.15, -0.1) is 0 Å². The third-order valence-corrected chi connectivity index (χ3v) is 22.1. The van der Waals surface area contributed by atoms with Crippen molar-refractivity contribution in [3.63, 3.8) is 0 Å². The number of hydrogen-bond acceptors (Lipinski definition) is 21. The van der Waals surface area contributed by atoms with Crippen molar-refractivity contribution in [2.24, 2.45) is 0 Å². The zero-order valence-electron chi connectivity index (χ0n) is 76.2. The van der Waals surface area contributed by atoms with Crippen molar-refractivity contribution in [3.05, 3.63) is 212 Å². The smallest absolute Gasteiger partial charge is 0.722 e. The number of benzene rings is 6. The monoisotopic (exact) mass is 2250 g/mol. The van der Waals surface area contributed by atoms with E-state index in [1.54, 1.807) is 54.4 Å². The Morgan fingerprint density at radius 1 is 0.438 bits per heavy atom. The fourth-order valence-electron chi connectivity index (χ4n) is 7.49. The SMILES string of the molecule is CCCCCCCCCCCCOc1c(F)c(F)c(C)c(F)c1F.CCF.CCS(=O)(=O)O.CCS(=O)(=O)O.CCS(=O)(=O)O.C[P-](F)(F)(F)(C(F)(F)C(F)(F)F)C(F)(F)C(F)(F)F.Cc1ccc(S(=O)(=O)[O-])cc1.O=S(=O)(O)F.[B]c1c(F)c(F)c(F)c(F)c1F.[B]c1cc(C(F)(F)F)cc(C(F)(F)F)c1.[B]c1ccccc1.[C-]#[N+][B-](C#N)(C#N)C#N.[C-]#[N+][B-](C#N)(C#N)OC.[C-]#[N+][B-](C#N)(C#N)Oc1ccccc1. The van der Waals surface area contributed by atoms with Crippen LogP contribution in [0.5, 0.6) is 11.5 Å². The van der Waals surface area contributed by atoms with Gasteiger partial charge in [0.2, 0.25) is 11.6 Å². The molecule has 28 nitrogen and oxygen atoms in total. The van der Waals surface area contributed by atoms with Crippen LogP contribution in [-0.4, -0.2) is 176 Å². The number of unbranched alkanes of at least 4 members (excludes halogenated alkanes) is 9. The average Bonchev–Trinajstić information content (AvgIpc) is 0.645. The number of rotatable bonds is 21. The normalized spacial score (nSPS) is 11.7. The summed E-state index contributed by atoms with van der Waals surface area (Å²) in [5.74, 6) is -7.00. The molecule has 0 heterocycles. The maximum atomic E-state index is 13.6. The minimum atomic E-state index is -12.1. The van der Waals surface area contributed by atoms with E-state index in [-0.39, 0.29) is 41.5 Å². The second kappa shape index (κ2) is 64.9. The van der Waals surface area contributed by atoms with Gasteiger partial charge < -0.3 is 52.6 Å². The summed E-state index contributed by atoms with van der Waals surface area (Å²) in [7, 11) is -4.38. The van der Waals surface area contributed by atoms with Gasteiger partial charge in [0.05, 0.1) is 52.3 Å². The number of ether oxygens (including phenoxy) is 1. The molecule has 0 amide bonds. The molecular formula is C76H78B6F30N10O18PS5-5. The molecule has 0 unspecified atom stereocenters. The Morgan fingerprint density at radius 3 is 0.945 bits per heavy atom. The Labute approximate surface area is 822 Å². The molecule has 808 valence electrons. The van der Waals surface area contributed by atoms with Crippen molar-refractivity contribution in [3.8, 4) is 53.3 Å². The Morgan fingerprint density at radius 2 is 0.726 bits per heavy atom. The van der Waals surface area contributed by atoms with Gasteiger partial charge in [-0.25, -0.2) is 76.0 Å². The van der Waals surface area contributed by atoms with Gasteiger partial charge in [-0.1, -0.05) is 158 Å². The maximum absolute atomic E-state index is 13.6. The van der Waals surface area contributed by atoms with Crippen LogP contribution in [0.15, 0.2) is 108 Å². The number of para-hydroxylation sites is 1.